The summed E-state index contributed by atoms with van der Waals surface area (Å²) in [4.78, 5) is 14.3. The quantitative estimate of drug-likeness (QED) is 0.513. The largest absolute Gasteiger partial charge is 0.444 e. The molecule has 0 bridgehead atoms. The van der Waals surface area contributed by atoms with Gasteiger partial charge in [-0.1, -0.05) is 12.2 Å². The standard InChI is InChI=1S/C27H36FN3O6/c1-26(2,3)37-25(33)30-27(16-32)17-35-24(36-18-27)11-12-31(21-8-5-19(14-29)6-9-21)15-20-7-10-23(34-4)22(28)13-20/h5-10,13,22-24,32H,11-12,15-18H2,1-4H3,(H,30,33). The first-order chi connectivity index (χ1) is 17.6. The number of aliphatic hydroxyl groups excluding tert-OH is 1. The van der Waals surface area contributed by atoms with Gasteiger partial charge in [-0.05, 0) is 56.7 Å². The van der Waals surface area contributed by atoms with E-state index in [1.54, 1.807) is 45.1 Å². The summed E-state index contributed by atoms with van der Waals surface area (Å²) >= 11 is 0. The van der Waals surface area contributed by atoms with E-state index in [1.165, 1.54) is 7.11 Å². The Bertz CT molecular complexity index is 1010. The molecular formula is C27H36FN3O6. The van der Waals surface area contributed by atoms with E-state index in [0.29, 0.717) is 25.1 Å². The number of methoxy groups -OCH3 is 1. The highest BCUT2D eigenvalue weighted by Gasteiger charge is 2.39. The molecule has 1 aromatic carbocycles. The van der Waals surface area contributed by atoms with E-state index in [9.17, 15) is 14.3 Å². The molecule has 1 amide bonds. The molecular weight excluding hydrogens is 481 g/mol. The highest BCUT2D eigenvalue weighted by atomic mass is 19.1. The van der Waals surface area contributed by atoms with Gasteiger partial charge >= 0.3 is 6.09 Å². The van der Waals surface area contributed by atoms with Gasteiger partial charge < -0.3 is 34.3 Å². The zero-order valence-electron chi connectivity index (χ0n) is 21.8. The van der Waals surface area contributed by atoms with Crippen molar-refractivity contribution in [1.82, 2.24) is 5.32 Å². The average Bonchev–Trinajstić information content (AvgIpc) is 2.86. The highest BCUT2D eigenvalue weighted by molar-refractivity contribution is 5.69. The third-order valence-electron chi connectivity index (χ3n) is 5.99. The minimum atomic E-state index is -1.23. The minimum Gasteiger partial charge on any atom is -0.444 e. The number of nitriles is 1. The molecule has 1 heterocycles. The van der Waals surface area contributed by atoms with Crippen molar-refractivity contribution in [2.24, 2.45) is 0 Å². The molecule has 2 aliphatic rings. The molecule has 1 aromatic rings. The highest BCUT2D eigenvalue weighted by Crippen LogP contribution is 2.24. The number of carbonyl (C=O) groups excluding carboxylic acids is 1. The molecule has 37 heavy (non-hydrogen) atoms. The molecule has 10 heteroatoms. The maximum Gasteiger partial charge on any atom is 0.408 e. The number of halogens is 1. The van der Waals surface area contributed by atoms with Crippen LogP contribution in [0.15, 0.2) is 48.1 Å². The van der Waals surface area contributed by atoms with Gasteiger partial charge in [0.25, 0.3) is 0 Å². The minimum absolute atomic E-state index is 0.0557. The van der Waals surface area contributed by atoms with Crippen LogP contribution < -0.4 is 10.2 Å². The van der Waals surface area contributed by atoms with Crippen molar-refractivity contribution in [3.05, 3.63) is 53.6 Å². The summed E-state index contributed by atoms with van der Waals surface area (Å²) in [5.74, 6) is 0. The number of benzene rings is 1. The van der Waals surface area contributed by atoms with Gasteiger partial charge in [-0.3, -0.25) is 0 Å². The Morgan fingerprint density at radius 2 is 1.97 bits per heavy atom. The Kier molecular flexibility index (Phi) is 9.68. The van der Waals surface area contributed by atoms with Crippen LogP contribution in [0.4, 0.5) is 14.9 Å². The van der Waals surface area contributed by atoms with Crippen molar-refractivity contribution in [2.75, 3.05) is 44.9 Å². The number of anilines is 1. The van der Waals surface area contributed by atoms with Crippen molar-refractivity contribution in [2.45, 2.75) is 56.9 Å². The summed E-state index contributed by atoms with van der Waals surface area (Å²) in [5.41, 5.74) is 0.437. The molecule has 3 rings (SSSR count). The molecule has 2 atom stereocenters. The fourth-order valence-corrected chi connectivity index (χ4v) is 4.01. The Morgan fingerprint density at radius 1 is 1.30 bits per heavy atom. The van der Waals surface area contributed by atoms with E-state index < -0.39 is 35.8 Å². The topological polar surface area (TPSA) is 113 Å². The fourth-order valence-electron chi connectivity index (χ4n) is 4.01. The molecule has 0 aromatic heterocycles. The molecule has 1 saturated heterocycles. The maximum absolute atomic E-state index is 14.4. The zero-order chi connectivity index (χ0) is 27.1. The number of carbonyl (C=O) groups is 1. The molecule has 9 nitrogen and oxygen atoms in total. The molecule has 2 N–H and O–H groups in total. The molecule has 1 aliphatic heterocycles. The second-order valence-corrected chi connectivity index (χ2v) is 10.2. The number of amides is 1. The summed E-state index contributed by atoms with van der Waals surface area (Å²) in [5, 5.41) is 21.7. The second kappa shape index (κ2) is 12.5. The fraction of sp³-hybridized carbons (Fsp3) is 0.556. The average molecular weight is 518 g/mol. The van der Waals surface area contributed by atoms with Crippen molar-refractivity contribution in [3.63, 3.8) is 0 Å². The van der Waals surface area contributed by atoms with Gasteiger partial charge in [-0.2, -0.15) is 5.26 Å². The predicted octanol–water partition coefficient (Wildman–Crippen LogP) is 3.23. The van der Waals surface area contributed by atoms with Crippen LogP contribution in [0.25, 0.3) is 0 Å². The van der Waals surface area contributed by atoms with Gasteiger partial charge in [-0.25, -0.2) is 9.18 Å². The second-order valence-electron chi connectivity index (χ2n) is 10.2. The number of aliphatic hydroxyl groups is 1. The smallest absolute Gasteiger partial charge is 0.408 e. The number of hydrogen-bond acceptors (Lipinski definition) is 8. The van der Waals surface area contributed by atoms with Crippen molar-refractivity contribution >= 4 is 11.8 Å². The summed E-state index contributed by atoms with van der Waals surface area (Å²) in [6.07, 6.45) is 2.53. The first kappa shape index (κ1) is 28.6. The van der Waals surface area contributed by atoms with E-state index in [0.717, 1.165) is 11.3 Å². The van der Waals surface area contributed by atoms with Crippen molar-refractivity contribution < 1.29 is 33.2 Å². The maximum atomic E-state index is 14.4. The van der Waals surface area contributed by atoms with Crippen LogP contribution in [0.2, 0.25) is 0 Å². The van der Waals surface area contributed by atoms with Crippen LogP contribution >= 0.6 is 0 Å². The lowest BCUT2D eigenvalue weighted by atomic mass is 10.0. The van der Waals surface area contributed by atoms with Crippen molar-refractivity contribution in [1.29, 1.82) is 5.26 Å². The van der Waals surface area contributed by atoms with Gasteiger partial charge in [0.15, 0.2) is 6.29 Å². The predicted molar refractivity (Wildman–Crippen MR) is 136 cm³/mol. The Balaban J connectivity index is 1.62. The number of nitrogens with zero attached hydrogens (tertiary/aromatic N) is 2. The Hall–Kier alpha value is -2.97. The van der Waals surface area contributed by atoms with Gasteiger partial charge in [0.2, 0.25) is 0 Å². The third-order valence-corrected chi connectivity index (χ3v) is 5.99. The van der Waals surface area contributed by atoms with Crippen LogP contribution in [-0.4, -0.2) is 80.9 Å². The summed E-state index contributed by atoms with van der Waals surface area (Å²) < 4.78 is 36.5. The first-order valence-corrected chi connectivity index (χ1v) is 12.2. The van der Waals surface area contributed by atoms with E-state index in [2.05, 4.69) is 16.3 Å². The molecule has 2 unspecified atom stereocenters. The van der Waals surface area contributed by atoms with Gasteiger partial charge in [-0.15, -0.1) is 0 Å². The van der Waals surface area contributed by atoms with Gasteiger partial charge in [0.1, 0.15) is 23.4 Å². The normalized spacial score (nSPS) is 25.6. The lowest BCUT2D eigenvalue weighted by Gasteiger charge is -2.40. The van der Waals surface area contributed by atoms with E-state index in [4.69, 9.17) is 24.2 Å². The number of alkyl halides is 1. The third kappa shape index (κ3) is 8.27. The summed E-state index contributed by atoms with van der Waals surface area (Å²) in [6, 6.07) is 9.27. The molecule has 0 saturated carbocycles. The van der Waals surface area contributed by atoms with Crippen LogP contribution in [0, 0.1) is 11.3 Å². The monoisotopic (exact) mass is 517 g/mol. The molecule has 1 fully saturated rings. The first-order valence-electron chi connectivity index (χ1n) is 12.2. The number of nitrogens with one attached hydrogen (secondary N) is 1. The van der Waals surface area contributed by atoms with Crippen LogP contribution in [-0.2, 0) is 18.9 Å². The number of hydrogen-bond donors (Lipinski definition) is 2. The van der Waals surface area contributed by atoms with Crippen molar-refractivity contribution in [3.8, 4) is 6.07 Å². The van der Waals surface area contributed by atoms with Gasteiger partial charge in [0, 0.05) is 32.3 Å². The Morgan fingerprint density at radius 3 is 2.51 bits per heavy atom. The lowest BCUT2D eigenvalue weighted by Crippen LogP contribution is -2.62. The zero-order valence-corrected chi connectivity index (χ0v) is 21.8. The number of ether oxygens (including phenoxy) is 4. The van der Waals surface area contributed by atoms with E-state index >= 15 is 0 Å². The molecule has 202 valence electrons. The van der Waals surface area contributed by atoms with Crippen LogP contribution in [0.5, 0.6) is 0 Å². The SMILES string of the molecule is COC1C=CC(CN(CCC2OCC(CO)(NC(=O)OC(C)(C)C)CO2)c2ccc(C#N)cc2)=CC1F. The summed E-state index contributed by atoms with van der Waals surface area (Å²) in [7, 11) is 1.47. The van der Waals surface area contributed by atoms with Crippen LogP contribution in [0.1, 0.15) is 32.8 Å². The number of alkyl carbamates (subject to hydrolysis) is 1. The van der Waals surface area contributed by atoms with E-state index in [-0.39, 0.29) is 19.8 Å². The number of rotatable bonds is 9. The molecule has 1 aliphatic carbocycles. The molecule has 0 radical (unpaired) electrons. The lowest BCUT2D eigenvalue weighted by molar-refractivity contribution is -0.218. The Labute approximate surface area is 217 Å². The molecule has 0 spiro atoms. The van der Waals surface area contributed by atoms with Crippen LogP contribution in [0.3, 0.4) is 0 Å². The van der Waals surface area contributed by atoms with Gasteiger partial charge in [0.05, 0.1) is 31.5 Å². The summed E-state index contributed by atoms with van der Waals surface area (Å²) in [6.45, 7) is 5.95. The van der Waals surface area contributed by atoms with E-state index in [1.807, 2.05) is 18.2 Å².